The molecule has 0 bridgehead atoms. The van der Waals surface area contributed by atoms with Crippen molar-refractivity contribution in [2.24, 2.45) is 0 Å². The molecule has 0 spiro atoms. The summed E-state index contributed by atoms with van der Waals surface area (Å²) in [5.41, 5.74) is 3.06. The van der Waals surface area contributed by atoms with E-state index in [1.54, 1.807) is 12.4 Å². The Hall–Kier alpha value is -2.36. The molecule has 1 aromatic heterocycles. The molecule has 0 aliphatic carbocycles. The van der Waals surface area contributed by atoms with Crippen LogP contribution in [0.15, 0.2) is 48.8 Å². The molecule has 1 amide bonds. The van der Waals surface area contributed by atoms with Gasteiger partial charge in [-0.2, -0.15) is 0 Å². The molecule has 2 aromatic rings. The first-order valence-corrected chi connectivity index (χ1v) is 6.61. The molecule has 0 unspecified atom stereocenters. The molecule has 0 fully saturated rings. The number of pyridine rings is 1. The van der Waals surface area contributed by atoms with E-state index in [1.165, 1.54) is 0 Å². The van der Waals surface area contributed by atoms with Crippen molar-refractivity contribution in [3.63, 3.8) is 0 Å². The fourth-order valence-electron chi connectivity index (χ4n) is 1.87. The molecule has 0 aliphatic heterocycles. The standard InChI is InChI=1S/C16H19N3O/c1-19(2)15-6-4-14(5-7-15)18-16(20)8-3-13-9-11-17-12-10-13/h4-7,9-12H,3,8H2,1-2H3,(H,18,20). The zero-order valence-electron chi connectivity index (χ0n) is 11.8. The Morgan fingerprint density at radius 3 is 2.35 bits per heavy atom. The number of aryl methyl sites for hydroxylation is 1. The van der Waals surface area contributed by atoms with Crippen LogP contribution in [-0.4, -0.2) is 25.0 Å². The van der Waals surface area contributed by atoms with Crippen LogP contribution in [0.25, 0.3) is 0 Å². The SMILES string of the molecule is CN(C)c1ccc(NC(=O)CCc2ccncc2)cc1. The van der Waals surface area contributed by atoms with Crippen molar-refractivity contribution in [1.29, 1.82) is 0 Å². The first-order chi connectivity index (χ1) is 9.65. The van der Waals surface area contributed by atoms with Gasteiger partial charge >= 0.3 is 0 Å². The summed E-state index contributed by atoms with van der Waals surface area (Å²) in [6, 6.07) is 11.7. The average Bonchev–Trinajstić information content (AvgIpc) is 2.47. The molecule has 0 atom stereocenters. The number of aromatic nitrogens is 1. The van der Waals surface area contributed by atoms with E-state index in [0.29, 0.717) is 6.42 Å². The predicted molar refractivity (Wildman–Crippen MR) is 82.0 cm³/mol. The van der Waals surface area contributed by atoms with Crippen molar-refractivity contribution >= 4 is 17.3 Å². The van der Waals surface area contributed by atoms with Gasteiger partial charge in [-0.1, -0.05) is 0 Å². The highest BCUT2D eigenvalue weighted by molar-refractivity contribution is 5.91. The van der Waals surface area contributed by atoms with Crippen LogP contribution in [-0.2, 0) is 11.2 Å². The summed E-state index contributed by atoms with van der Waals surface area (Å²) in [6.45, 7) is 0. The molecular weight excluding hydrogens is 250 g/mol. The minimum atomic E-state index is 0.0272. The van der Waals surface area contributed by atoms with Gasteiger partial charge in [-0.3, -0.25) is 9.78 Å². The number of hydrogen-bond donors (Lipinski definition) is 1. The predicted octanol–water partition coefficient (Wildman–Crippen LogP) is 2.72. The summed E-state index contributed by atoms with van der Waals surface area (Å²) < 4.78 is 0. The average molecular weight is 269 g/mol. The van der Waals surface area contributed by atoms with E-state index in [1.807, 2.05) is 55.4 Å². The summed E-state index contributed by atoms with van der Waals surface area (Å²) in [7, 11) is 3.98. The number of amides is 1. The van der Waals surface area contributed by atoms with Crippen LogP contribution < -0.4 is 10.2 Å². The minimum absolute atomic E-state index is 0.0272. The lowest BCUT2D eigenvalue weighted by molar-refractivity contribution is -0.116. The number of carbonyl (C=O) groups is 1. The van der Waals surface area contributed by atoms with Gasteiger partial charge in [-0.25, -0.2) is 0 Å². The highest BCUT2D eigenvalue weighted by Gasteiger charge is 2.03. The quantitative estimate of drug-likeness (QED) is 0.907. The molecule has 0 aliphatic rings. The van der Waals surface area contributed by atoms with Gasteiger partial charge in [0.1, 0.15) is 0 Å². The summed E-state index contributed by atoms with van der Waals surface area (Å²) in [5.74, 6) is 0.0272. The van der Waals surface area contributed by atoms with Gasteiger partial charge in [0.25, 0.3) is 0 Å². The second kappa shape index (κ2) is 6.70. The van der Waals surface area contributed by atoms with Crippen LogP contribution in [0.2, 0.25) is 0 Å². The molecule has 1 N–H and O–H groups in total. The Labute approximate surface area is 119 Å². The van der Waals surface area contributed by atoms with Crippen LogP contribution >= 0.6 is 0 Å². The number of benzene rings is 1. The van der Waals surface area contributed by atoms with Crippen molar-refractivity contribution < 1.29 is 4.79 Å². The van der Waals surface area contributed by atoms with Gasteiger partial charge in [-0.15, -0.1) is 0 Å². The summed E-state index contributed by atoms with van der Waals surface area (Å²) in [5, 5.41) is 2.91. The Bertz CT molecular complexity index is 550. The lowest BCUT2D eigenvalue weighted by atomic mass is 10.1. The highest BCUT2D eigenvalue weighted by Crippen LogP contribution is 2.16. The van der Waals surface area contributed by atoms with E-state index < -0.39 is 0 Å². The topological polar surface area (TPSA) is 45.2 Å². The van der Waals surface area contributed by atoms with E-state index in [0.717, 1.165) is 23.4 Å². The molecule has 4 heteroatoms. The normalized spacial score (nSPS) is 10.1. The molecule has 20 heavy (non-hydrogen) atoms. The second-order valence-electron chi connectivity index (χ2n) is 4.84. The zero-order valence-corrected chi connectivity index (χ0v) is 11.8. The molecule has 1 aromatic carbocycles. The molecule has 4 nitrogen and oxygen atoms in total. The van der Waals surface area contributed by atoms with Gasteiger partial charge in [0.15, 0.2) is 0 Å². The van der Waals surface area contributed by atoms with E-state index in [2.05, 4.69) is 10.3 Å². The largest absolute Gasteiger partial charge is 0.378 e. The maximum atomic E-state index is 11.9. The van der Waals surface area contributed by atoms with E-state index in [4.69, 9.17) is 0 Å². The molecule has 0 radical (unpaired) electrons. The van der Waals surface area contributed by atoms with E-state index in [-0.39, 0.29) is 5.91 Å². The Morgan fingerprint density at radius 2 is 1.75 bits per heavy atom. The first kappa shape index (κ1) is 14.1. The number of hydrogen-bond acceptors (Lipinski definition) is 3. The highest BCUT2D eigenvalue weighted by atomic mass is 16.1. The van der Waals surface area contributed by atoms with Crippen LogP contribution in [0.5, 0.6) is 0 Å². The third-order valence-electron chi connectivity index (χ3n) is 3.06. The van der Waals surface area contributed by atoms with Gasteiger partial charge in [-0.05, 0) is 48.4 Å². The Morgan fingerprint density at radius 1 is 1.10 bits per heavy atom. The fraction of sp³-hybridized carbons (Fsp3) is 0.250. The summed E-state index contributed by atoms with van der Waals surface area (Å²) >= 11 is 0. The molecule has 104 valence electrons. The number of rotatable bonds is 5. The number of carbonyl (C=O) groups excluding carboxylic acids is 1. The van der Waals surface area contributed by atoms with Crippen molar-refractivity contribution in [2.75, 3.05) is 24.3 Å². The number of anilines is 2. The molecule has 2 rings (SSSR count). The molecule has 0 saturated heterocycles. The van der Waals surface area contributed by atoms with Crippen LogP contribution in [0.3, 0.4) is 0 Å². The number of nitrogens with zero attached hydrogens (tertiary/aromatic N) is 2. The summed E-state index contributed by atoms with van der Waals surface area (Å²) in [4.78, 5) is 17.8. The van der Waals surface area contributed by atoms with Crippen LogP contribution in [0.4, 0.5) is 11.4 Å². The third kappa shape index (κ3) is 4.09. The smallest absolute Gasteiger partial charge is 0.224 e. The Kier molecular flexibility index (Phi) is 4.71. The van der Waals surface area contributed by atoms with Crippen LogP contribution in [0.1, 0.15) is 12.0 Å². The monoisotopic (exact) mass is 269 g/mol. The van der Waals surface area contributed by atoms with E-state index >= 15 is 0 Å². The Balaban J connectivity index is 1.85. The minimum Gasteiger partial charge on any atom is -0.378 e. The maximum absolute atomic E-state index is 11.9. The molecule has 1 heterocycles. The lowest BCUT2D eigenvalue weighted by Crippen LogP contribution is -2.13. The van der Waals surface area contributed by atoms with Gasteiger partial charge in [0.05, 0.1) is 0 Å². The first-order valence-electron chi connectivity index (χ1n) is 6.61. The fourth-order valence-corrected chi connectivity index (χ4v) is 1.87. The molecular formula is C16H19N3O. The lowest BCUT2D eigenvalue weighted by Gasteiger charge is -2.13. The maximum Gasteiger partial charge on any atom is 0.224 e. The van der Waals surface area contributed by atoms with Crippen molar-refractivity contribution in [3.8, 4) is 0 Å². The third-order valence-corrected chi connectivity index (χ3v) is 3.06. The second-order valence-corrected chi connectivity index (χ2v) is 4.84. The van der Waals surface area contributed by atoms with Gasteiger partial charge < -0.3 is 10.2 Å². The summed E-state index contributed by atoms with van der Waals surface area (Å²) in [6.07, 6.45) is 4.68. The molecule has 0 saturated carbocycles. The van der Waals surface area contributed by atoms with Crippen molar-refractivity contribution in [1.82, 2.24) is 4.98 Å². The van der Waals surface area contributed by atoms with Crippen molar-refractivity contribution in [3.05, 3.63) is 54.4 Å². The zero-order chi connectivity index (χ0) is 14.4. The number of nitrogens with one attached hydrogen (secondary N) is 1. The van der Waals surface area contributed by atoms with E-state index in [9.17, 15) is 4.79 Å². The van der Waals surface area contributed by atoms with Crippen LogP contribution in [0, 0.1) is 0 Å². The van der Waals surface area contributed by atoms with Gasteiger partial charge in [0.2, 0.25) is 5.91 Å². The van der Waals surface area contributed by atoms with Crippen molar-refractivity contribution in [2.45, 2.75) is 12.8 Å². The van der Waals surface area contributed by atoms with Gasteiger partial charge in [0, 0.05) is 44.3 Å².